The van der Waals surface area contributed by atoms with E-state index in [2.05, 4.69) is 24.7 Å². The lowest BCUT2D eigenvalue weighted by molar-refractivity contribution is 0.680. The van der Waals surface area contributed by atoms with E-state index >= 15 is 0 Å². The fourth-order valence-corrected chi connectivity index (χ4v) is 0.754. The normalized spacial score (nSPS) is 7.60. The summed E-state index contributed by atoms with van der Waals surface area (Å²) in [4.78, 5) is 0. The highest BCUT2D eigenvalue weighted by atomic mass is 13.9. The van der Waals surface area contributed by atoms with Crippen LogP contribution >= 0.6 is 0 Å². The van der Waals surface area contributed by atoms with Crippen LogP contribution in [0.4, 0.5) is 0 Å². The second-order valence-corrected chi connectivity index (χ2v) is 2.26. The average Bonchev–Trinajstić information content (AvgIpc) is 1.97. The predicted octanol–water partition coefficient (Wildman–Crippen LogP) is 2.59. The molecule has 0 bridgehead atoms. The Hall–Kier alpha value is -0.880. The Morgan fingerprint density at radius 2 is 2.00 bits per heavy atom. The van der Waals surface area contributed by atoms with Crippen LogP contribution < -0.4 is 0 Å². The van der Waals surface area contributed by atoms with Crippen molar-refractivity contribution < 1.29 is 0 Å². The van der Waals surface area contributed by atoms with Gasteiger partial charge in [-0.3, -0.25) is 0 Å². The van der Waals surface area contributed by atoms with Crippen molar-refractivity contribution in [3.05, 3.63) is 0 Å². The smallest absolute Gasteiger partial charge is 0.00989 e. The van der Waals surface area contributed by atoms with Crippen molar-refractivity contribution in [1.29, 1.82) is 0 Å². The SMILES string of the molecule is C#CC#CCCCCCC. The molecule has 0 fully saturated rings. The van der Waals surface area contributed by atoms with Crippen molar-refractivity contribution in [3.8, 4) is 24.2 Å². The zero-order chi connectivity index (χ0) is 7.66. The molecule has 0 rings (SSSR count). The fourth-order valence-electron chi connectivity index (χ4n) is 0.754. The number of unbranched alkanes of at least 4 members (excludes halogenated alkanes) is 4. The molecular formula is C10H14. The molecule has 0 aromatic carbocycles. The van der Waals surface area contributed by atoms with Crippen LogP contribution in [0.5, 0.6) is 0 Å². The van der Waals surface area contributed by atoms with E-state index in [1.54, 1.807) is 0 Å². The summed E-state index contributed by atoms with van der Waals surface area (Å²) >= 11 is 0. The molecule has 0 unspecified atom stereocenters. The first-order valence-electron chi connectivity index (χ1n) is 3.85. The Kier molecular flexibility index (Phi) is 7.41. The minimum Gasteiger partial charge on any atom is -0.106 e. The first-order chi connectivity index (χ1) is 4.91. The standard InChI is InChI=1S/C10H14/c1-3-5-7-9-10-8-6-4-2/h1H,4,6,8-10H2,2H3. The summed E-state index contributed by atoms with van der Waals surface area (Å²) in [6.45, 7) is 2.20. The molecule has 0 aliphatic carbocycles. The molecule has 0 saturated heterocycles. The van der Waals surface area contributed by atoms with Gasteiger partial charge in [-0.2, -0.15) is 0 Å². The number of hydrogen-bond donors (Lipinski definition) is 0. The summed E-state index contributed by atoms with van der Waals surface area (Å²) in [5.74, 6) is 7.81. The van der Waals surface area contributed by atoms with Gasteiger partial charge in [0.05, 0.1) is 0 Å². The predicted molar refractivity (Wildman–Crippen MR) is 45.4 cm³/mol. The van der Waals surface area contributed by atoms with E-state index in [9.17, 15) is 0 Å². The molecule has 0 spiro atoms. The molecular weight excluding hydrogens is 120 g/mol. The average molecular weight is 134 g/mol. The summed E-state index contributed by atoms with van der Waals surface area (Å²) in [5, 5.41) is 0. The molecule has 0 radical (unpaired) electrons. The van der Waals surface area contributed by atoms with Gasteiger partial charge in [-0.25, -0.2) is 0 Å². The van der Waals surface area contributed by atoms with Crippen LogP contribution in [-0.2, 0) is 0 Å². The van der Waals surface area contributed by atoms with Gasteiger partial charge in [0.1, 0.15) is 0 Å². The van der Waals surface area contributed by atoms with Gasteiger partial charge < -0.3 is 0 Å². The molecule has 54 valence electrons. The van der Waals surface area contributed by atoms with Crippen LogP contribution in [0.3, 0.4) is 0 Å². The zero-order valence-corrected chi connectivity index (χ0v) is 6.61. The highest BCUT2D eigenvalue weighted by Gasteiger charge is 1.82. The maximum atomic E-state index is 4.95. The lowest BCUT2D eigenvalue weighted by Crippen LogP contribution is -1.73. The van der Waals surface area contributed by atoms with Crippen LogP contribution in [0.25, 0.3) is 0 Å². The molecule has 0 aromatic heterocycles. The minimum atomic E-state index is 0.962. The summed E-state index contributed by atoms with van der Waals surface area (Å²) in [6.07, 6.45) is 11.0. The van der Waals surface area contributed by atoms with E-state index < -0.39 is 0 Å². The molecule has 0 nitrogen and oxygen atoms in total. The van der Waals surface area contributed by atoms with Gasteiger partial charge >= 0.3 is 0 Å². The van der Waals surface area contributed by atoms with Gasteiger partial charge in [0.15, 0.2) is 0 Å². The third kappa shape index (κ3) is 7.12. The molecule has 0 amide bonds. The van der Waals surface area contributed by atoms with E-state index in [0.29, 0.717) is 0 Å². The van der Waals surface area contributed by atoms with Gasteiger partial charge in [0.2, 0.25) is 0 Å². The van der Waals surface area contributed by atoms with Gasteiger partial charge in [-0.05, 0) is 18.3 Å². The molecule has 0 aliphatic rings. The van der Waals surface area contributed by atoms with Crippen molar-refractivity contribution >= 4 is 0 Å². The van der Waals surface area contributed by atoms with E-state index in [1.165, 1.54) is 25.7 Å². The lowest BCUT2D eigenvalue weighted by atomic mass is 10.2. The number of terminal acetylenes is 1. The molecule has 0 saturated carbocycles. The zero-order valence-electron chi connectivity index (χ0n) is 6.61. The third-order valence-corrected chi connectivity index (χ3v) is 1.32. The summed E-state index contributed by atoms with van der Waals surface area (Å²) in [5.41, 5.74) is 0. The van der Waals surface area contributed by atoms with Crippen molar-refractivity contribution in [2.24, 2.45) is 0 Å². The fraction of sp³-hybridized carbons (Fsp3) is 0.600. The third-order valence-electron chi connectivity index (χ3n) is 1.32. The number of hydrogen-bond acceptors (Lipinski definition) is 0. The highest BCUT2D eigenvalue weighted by Crippen LogP contribution is 2.00. The van der Waals surface area contributed by atoms with Crippen LogP contribution in [0.2, 0.25) is 0 Å². The van der Waals surface area contributed by atoms with E-state index in [0.717, 1.165) is 6.42 Å². The van der Waals surface area contributed by atoms with Crippen LogP contribution in [0, 0.1) is 24.2 Å². The van der Waals surface area contributed by atoms with Gasteiger partial charge in [0, 0.05) is 6.42 Å². The van der Waals surface area contributed by atoms with Crippen LogP contribution in [0.15, 0.2) is 0 Å². The summed E-state index contributed by atoms with van der Waals surface area (Å²) in [6, 6.07) is 0. The second-order valence-electron chi connectivity index (χ2n) is 2.26. The molecule has 0 heterocycles. The summed E-state index contributed by atoms with van der Waals surface area (Å²) < 4.78 is 0. The Balaban J connectivity index is 2.99. The van der Waals surface area contributed by atoms with Gasteiger partial charge in [-0.15, -0.1) is 6.42 Å². The van der Waals surface area contributed by atoms with Crippen molar-refractivity contribution in [2.75, 3.05) is 0 Å². The molecule has 0 aromatic rings. The Morgan fingerprint density at radius 1 is 1.20 bits per heavy atom. The number of rotatable bonds is 4. The van der Waals surface area contributed by atoms with Crippen molar-refractivity contribution in [3.63, 3.8) is 0 Å². The Bertz CT molecular complexity index is 149. The molecule has 0 atom stereocenters. The molecule has 0 aliphatic heterocycles. The molecule has 10 heavy (non-hydrogen) atoms. The first kappa shape index (κ1) is 9.12. The quantitative estimate of drug-likeness (QED) is 0.409. The monoisotopic (exact) mass is 134 g/mol. The Labute approximate surface area is 64.0 Å². The summed E-state index contributed by atoms with van der Waals surface area (Å²) in [7, 11) is 0. The topological polar surface area (TPSA) is 0 Å². The van der Waals surface area contributed by atoms with Crippen LogP contribution in [0.1, 0.15) is 39.0 Å². The highest BCUT2D eigenvalue weighted by molar-refractivity contribution is 5.21. The largest absolute Gasteiger partial charge is 0.106 e. The van der Waals surface area contributed by atoms with Gasteiger partial charge in [0.25, 0.3) is 0 Å². The Morgan fingerprint density at radius 3 is 2.60 bits per heavy atom. The maximum Gasteiger partial charge on any atom is 0.00989 e. The first-order valence-corrected chi connectivity index (χ1v) is 3.85. The molecule has 0 N–H and O–H groups in total. The molecule has 0 heteroatoms. The van der Waals surface area contributed by atoms with Gasteiger partial charge in [-0.1, -0.05) is 32.1 Å². The van der Waals surface area contributed by atoms with E-state index in [-0.39, 0.29) is 0 Å². The van der Waals surface area contributed by atoms with E-state index in [4.69, 9.17) is 6.42 Å². The van der Waals surface area contributed by atoms with Crippen LogP contribution in [-0.4, -0.2) is 0 Å². The van der Waals surface area contributed by atoms with Crippen molar-refractivity contribution in [1.82, 2.24) is 0 Å². The minimum absolute atomic E-state index is 0.962. The lowest BCUT2D eigenvalue weighted by Gasteiger charge is -1.90. The second kappa shape index (κ2) is 8.12. The van der Waals surface area contributed by atoms with E-state index in [1.807, 2.05) is 0 Å². The van der Waals surface area contributed by atoms with Crippen molar-refractivity contribution in [2.45, 2.75) is 39.0 Å². The maximum absolute atomic E-state index is 4.95.